The zero-order valence-electron chi connectivity index (χ0n) is 8.07. The van der Waals surface area contributed by atoms with Crippen LogP contribution < -0.4 is 11.1 Å². The van der Waals surface area contributed by atoms with E-state index in [0.717, 1.165) is 10.6 Å². The molecule has 3 N–H and O–H groups in total. The van der Waals surface area contributed by atoms with E-state index in [1.165, 1.54) is 17.8 Å². The van der Waals surface area contributed by atoms with E-state index in [9.17, 15) is 8.42 Å². The number of nitrogens with two attached hydrogens (primary N) is 1. The lowest BCUT2D eigenvalue weighted by Gasteiger charge is -2.02. The first-order valence-electron chi connectivity index (χ1n) is 4.03. The van der Waals surface area contributed by atoms with Crippen LogP contribution in [0.3, 0.4) is 0 Å². The molecule has 5 nitrogen and oxygen atoms in total. The first-order chi connectivity index (χ1) is 6.40. The lowest BCUT2D eigenvalue weighted by atomic mass is 10.3. The highest BCUT2D eigenvalue weighted by molar-refractivity contribution is 7.90. The molecule has 1 aromatic heterocycles. The molecule has 0 aliphatic carbocycles. The van der Waals surface area contributed by atoms with Crippen molar-refractivity contribution in [3.05, 3.63) is 5.56 Å². The number of sulfone groups is 1. The van der Waals surface area contributed by atoms with E-state index in [0.29, 0.717) is 12.4 Å². The normalized spacial score (nSPS) is 11.6. The van der Waals surface area contributed by atoms with E-state index in [1.807, 2.05) is 6.92 Å². The second-order valence-electron chi connectivity index (χ2n) is 3.08. The second kappa shape index (κ2) is 4.14. The zero-order chi connectivity index (χ0) is 10.8. The van der Waals surface area contributed by atoms with Gasteiger partial charge in [-0.3, -0.25) is 0 Å². The van der Waals surface area contributed by atoms with Gasteiger partial charge in [0.05, 0.1) is 5.75 Å². The summed E-state index contributed by atoms with van der Waals surface area (Å²) < 4.78 is 25.6. The summed E-state index contributed by atoms with van der Waals surface area (Å²) in [6.07, 6.45) is 1.21. The fraction of sp³-hybridized carbons (Fsp3) is 0.571. The molecule has 1 aromatic rings. The lowest BCUT2D eigenvalue weighted by molar-refractivity contribution is 0.602. The summed E-state index contributed by atoms with van der Waals surface area (Å²) in [4.78, 5) is 0. The van der Waals surface area contributed by atoms with Crippen LogP contribution in [0.25, 0.3) is 0 Å². The Morgan fingerprint density at radius 2 is 2.21 bits per heavy atom. The molecule has 1 rings (SSSR count). The maximum absolute atomic E-state index is 10.8. The topological polar surface area (TPSA) is 85.1 Å². The zero-order valence-corrected chi connectivity index (χ0v) is 9.70. The van der Waals surface area contributed by atoms with Gasteiger partial charge in [0, 0.05) is 18.4 Å². The molecule has 0 unspecified atom stereocenters. The standard InChI is InChI=1S/C7H13N3O2S2/c1-5-6(8)10-13-7(5)9-3-4-14(2,11)12/h9H,3-4H2,1-2H3,(H2,8,10). The predicted octanol–water partition coefficient (Wildman–Crippen LogP) is 0.490. The van der Waals surface area contributed by atoms with Crippen molar-refractivity contribution >= 4 is 32.2 Å². The molecule has 0 radical (unpaired) electrons. The Balaban J connectivity index is 2.51. The number of rotatable bonds is 4. The largest absolute Gasteiger partial charge is 0.383 e. The summed E-state index contributed by atoms with van der Waals surface area (Å²) in [7, 11) is -2.91. The maximum atomic E-state index is 10.8. The number of hydrogen-bond donors (Lipinski definition) is 2. The number of nitrogen functional groups attached to an aromatic ring is 1. The van der Waals surface area contributed by atoms with E-state index in [-0.39, 0.29) is 5.75 Å². The minimum absolute atomic E-state index is 0.115. The summed E-state index contributed by atoms with van der Waals surface area (Å²) >= 11 is 1.25. The number of nitrogens with one attached hydrogen (secondary N) is 1. The SMILES string of the molecule is Cc1c(N)nsc1NCCS(C)(=O)=O. The van der Waals surface area contributed by atoms with Crippen LogP contribution in [0.5, 0.6) is 0 Å². The Morgan fingerprint density at radius 1 is 1.57 bits per heavy atom. The van der Waals surface area contributed by atoms with Crippen LogP contribution in [0.2, 0.25) is 0 Å². The van der Waals surface area contributed by atoms with Crippen molar-refractivity contribution in [2.45, 2.75) is 6.92 Å². The summed E-state index contributed by atoms with van der Waals surface area (Å²) in [6, 6.07) is 0. The van der Waals surface area contributed by atoms with E-state index in [2.05, 4.69) is 9.69 Å². The Hall–Kier alpha value is -0.820. The van der Waals surface area contributed by atoms with Gasteiger partial charge in [-0.1, -0.05) is 0 Å². The molecule has 0 saturated carbocycles. The van der Waals surface area contributed by atoms with Crippen molar-refractivity contribution < 1.29 is 8.42 Å². The van der Waals surface area contributed by atoms with Gasteiger partial charge in [-0.15, -0.1) is 0 Å². The summed E-state index contributed by atoms with van der Waals surface area (Å²) in [5.41, 5.74) is 6.42. The minimum Gasteiger partial charge on any atom is -0.383 e. The molecule has 0 spiro atoms. The van der Waals surface area contributed by atoms with Gasteiger partial charge in [0.15, 0.2) is 0 Å². The molecule has 0 aliphatic heterocycles. The van der Waals surface area contributed by atoms with E-state index in [4.69, 9.17) is 5.73 Å². The number of anilines is 2. The monoisotopic (exact) mass is 235 g/mol. The molecule has 0 atom stereocenters. The lowest BCUT2D eigenvalue weighted by Crippen LogP contribution is -2.13. The molecular weight excluding hydrogens is 222 g/mol. The molecule has 7 heteroatoms. The molecule has 80 valence electrons. The first-order valence-corrected chi connectivity index (χ1v) is 6.87. The molecule has 0 saturated heterocycles. The van der Waals surface area contributed by atoms with Gasteiger partial charge >= 0.3 is 0 Å². The molecule has 1 heterocycles. The van der Waals surface area contributed by atoms with Crippen LogP contribution in [-0.4, -0.2) is 31.3 Å². The van der Waals surface area contributed by atoms with Gasteiger partial charge in [0.1, 0.15) is 20.7 Å². The van der Waals surface area contributed by atoms with E-state index in [1.54, 1.807) is 0 Å². The average Bonchev–Trinajstić information content (AvgIpc) is 2.33. The summed E-state index contributed by atoms with van der Waals surface area (Å²) in [5.74, 6) is 0.612. The summed E-state index contributed by atoms with van der Waals surface area (Å²) in [5, 5.41) is 3.83. The highest BCUT2D eigenvalue weighted by atomic mass is 32.2. The second-order valence-corrected chi connectivity index (χ2v) is 6.11. The molecule has 0 bridgehead atoms. The Morgan fingerprint density at radius 3 is 2.64 bits per heavy atom. The number of hydrogen-bond acceptors (Lipinski definition) is 6. The van der Waals surface area contributed by atoms with Gasteiger partial charge in [-0.05, 0) is 18.5 Å². The van der Waals surface area contributed by atoms with Crippen LogP contribution in [0, 0.1) is 6.92 Å². The molecule has 14 heavy (non-hydrogen) atoms. The molecular formula is C7H13N3O2S2. The molecule has 0 fully saturated rings. The third-order valence-electron chi connectivity index (χ3n) is 1.72. The maximum Gasteiger partial charge on any atom is 0.149 e. The Labute approximate surface area is 87.4 Å². The average molecular weight is 235 g/mol. The Bertz CT molecular complexity index is 411. The smallest absolute Gasteiger partial charge is 0.149 e. The minimum atomic E-state index is -2.91. The van der Waals surface area contributed by atoms with Crippen molar-refractivity contribution in [2.75, 3.05) is 29.6 Å². The number of aromatic nitrogens is 1. The van der Waals surface area contributed by atoms with Crippen molar-refractivity contribution in [1.29, 1.82) is 0 Å². The van der Waals surface area contributed by atoms with E-state index >= 15 is 0 Å². The van der Waals surface area contributed by atoms with Crippen molar-refractivity contribution in [2.24, 2.45) is 0 Å². The summed E-state index contributed by atoms with van der Waals surface area (Å²) in [6.45, 7) is 2.24. The highest BCUT2D eigenvalue weighted by Gasteiger charge is 2.07. The highest BCUT2D eigenvalue weighted by Crippen LogP contribution is 2.24. The van der Waals surface area contributed by atoms with Crippen molar-refractivity contribution in [3.8, 4) is 0 Å². The van der Waals surface area contributed by atoms with Gasteiger partial charge in [-0.25, -0.2) is 8.42 Å². The van der Waals surface area contributed by atoms with Crippen molar-refractivity contribution in [3.63, 3.8) is 0 Å². The quantitative estimate of drug-likeness (QED) is 0.793. The van der Waals surface area contributed by atoms with Crippen LogP contribution >= 0.6 is 11.5 Å². The van der Waals surface area contributed by atoms with E-state index < -0.39 is 9.84 Å². The van der Waals surface area contributed by atoms with Crippen LogP contribution in [0.1, 0.15) is 5.56 Å². The van der Waals surface area contributed by atoms with Gasteiger partial charge in [-0.2, -0.15) is 4.37 Å². The fourth-order valence-electron chi connectivity index (χ4n) is 0.863. The molecule has 0 aromatic carbocycles. The number of nitrogens with zero attached hydrogens (tertiary/aromatic N) is 1. The van der Waals surface area contributed by atoms with Crippen molar-refractivity contribution in [1.82, 2.24) is 4.37 Å². The molecule has 0 amide bonds. The van der Waals surface area contributed by atoms with Gasteiger partial charge in [0.2, 0.25) is 0 Å². The third-order valence-corrected chi connectivity index (χ3v) is 3.59. The van der Waals surface area contributed by atoms with Crippen LogP contribution in [0.15, 0.2) is 0 Å². The third kappa shape index (κ3) is 3.15. The first kappa shape index (κ1) is 11.3. The molecule has 0 aliphatic rings. The predicted molar refractivity (Wildman–Crippen MR) is 59.5 cm³/mol. The Kier molecular flexibility index (Phi) is 3.33. The fourth-order valence-corrected chi connectivity index (χ4v) is 2.07. The van der Waals surface area contributed by atoms with Gasteiger partial charge < -0.3 is 11.1 Å². The van der Waals surface area contributed by atoms with Crippen LogP contribution in [-0.2, 0) is 9.84 Å². The van der Waals surface area contributed by atoms with Gasteiger partial charge in [0.25, 0.3) is 0 Å². The van der Waals surface area contributed by atoms with Crippen LogP contribution in [0.4, 0.5) is 10.8 Å².